The largest absolute Gasteiger partial charge is 0.339 e. The lowest BCUT2D eigenvalue weighted by molar-refractivity contribution is -0.133. The monoisotopic (exact) mass is 340 g/mol. The first kappa shape index (κ1) is 17.5. The van der Waals surface area contributed by atoms with Gasteiger partial charge in [0.1, 0.15) is 0 Å². The number of carbonyl (C=O) groups is 1. The smallest absolute Gasteiger partial charge is 0.223 e. The molecule has 4 heteroatoms. The maximum atomic E-state index is 12.9. The summed E-state index contributed by atoms with van der Waals surface area (Å²) in [6, 6.07) is 1.91. The third-order valence-corrected chi connectivity index (χ3v) is 6.77. The summed E-state index contributed by atoms with van der Waals surface area (Å²) in [7, 11) is 0. The van der Waals surface area contributed by atoms with Gasteiger partial charge in [-0.1, -0.05) is 20.8 Å². The van der Waals surface area contributed by atoms with E-state index in [1.54, 1.807) is 0 Å². The lowest BCUT2D eigenvalue weighted by Crippen LogP contribution is -2.42. The summed E-state index contributed by atoms with van der Waals surface area (Å²) in [5.74, 6) is 1.09. The van der Waals surface area contributed by atoms with E-state index in [1.165, 1.54) is 44.9 Å². The number of carbonyl (C=O) groups excluding carboxylic acids is 1. The average molecular weight is 341 g/mol. The Bertz CT molecular complexity index is 468. The van der Waals surface area contributed by atoms with E-state index in [0.717, 1.165) is 13.0 Å². The maximum absolute atomic E-state index is 12.9. The second kappa shape index (κ2) is 5.91. The molecule has 3 aliphatic heterocycles. The third kappa shape index (κ3) is 3.42. The van der Waals surface area contributed by atoms with Gasteiger partial charge < -0.3 is 10.2 Å². The van der Waals surface area contributed by atoms with Gasteiger partial charge >= 0.3 is 0 Å². The molecule has 4 aliphatic rings. The number of nitrogens with one attached hydrogen (secondary N) is 1. The van der Waals surface area contributed by atoms with Crippen LogP contribution in [0.4, 0.5) is 0 Å². The van der Waals surface area contributed by atoms with E-state index in [1.807, 2.05) is 0 Å². The van der Waals surface area contributed by atoms with Crippen molar-refractivity contribution in [3.8, 4) is 0 Å². The van der Waals surface area contributed by atoms with Crippen molar-refractivity contribution in [1.29, 1.82) is 0 Å². The van der Waals surface area contributed by atoms with Crippen LogP contribution in [0.1, 0.15) is 72.1 Å². The number of piperidine rings is 1. The summed E-state index contributed by atoms with van der Waals surface area (Å²) in [4.78, 5) is 15.2. The Balaban J connectivity index is 0.00000156. The molecule has 0 spiro atoms. The highest BCUT2D eigenvalue weighted by Gasteiger charge is 2.51. The molecule has 4 fully saturated rings. The van der Waals surface area contributed by atoms with Crippen LogP contribution in [0.5, 0.6) is 0 Å². The van der Waals surface area contributed by atoms with Gasteiger partial charge in [-0.2, -0.15) is 0 Å². The first-order valence-electron chi connectivity index (χ1n) is 9.38. The quantitative estimate of drug-likeness (QED) is 0.830. The minimum Gasteiger partial charge on any atom is -0.339 e. The fourth-order valence-electron chi connectivity index (χ4n) is 6.46. The van der Waals surface area contributed by atoms with E-state index in [0.29, 0.717) is 40.8 Å². The van der Waals surface area contributed by atoms with Gasteiger partial charge in [-0.3, -0.25) is 4.79 Å². The normalized spacial score (nSPS) is 44.0. The Kier molecular flexibility index (Phi) is 4.51. The van der Waals surface area contributed by atoms with Crippen molar-refractivity contribution in [1.82, 2.24) is 10.2 Å². The zero-order valence-corrected chi connectivity index (χ0v) is 15.8. The van der Waals surface area contributed by atoms with E-state index in [9.17, 15) is 4.79 Å². The number of halogens is 1. The van der Waals surface area contributed by atoms with Gasteiger partial charge in [-0.15, -0.1) is 12.4 Å². The van der Waals surface area contributed by atoms with Crippen molar-refractivity contribution >= 4 is 18.3 Å². The Morgan fingerprint density at radius 2 is 1.78 bits per heavy atom. The first-order chi connectivity index (χ1) is 10.3. The van der Waals surface area contributed by atoms with Gasteiger partial charge in [0.2, 0.25) is 5.91 Å². The molecule has 1 saturated carbocycles. The fraction of sp³-hybridized carbons (Fsp3) is 0.947. The lowest BCUT2D eigenvalue weighted by atomic mass is 9.65. The number of rotatable bonds is 2. The molecule has 0 aromatic heterocycles. The van der Waals surface area contributed by atoms with Crippen LogP contribution in [0.3, 0.4) is 0 Å². The highest BCUT2D eigenvalue weighted by atomic mass is 35.5. The Morgan fingerprint density at radius 3 is 2.43 bits per heavy atom. The molecular formula is C19H33ClN2O. The average Bonchev–Trinajstić information content (AvgIpc) is 2.85. The molecule has 4 atom stereocenters. The molecule has 3 saturated heterocycles. The zero-order chi connectivity index (χ0) is 15.5. The minimum atomic E-state index is 0. The molecule has 0 aromatic carbocycles. The van der Waals surface area contributed by atoms with Gasteiger partial charge in [0.15, 0.2) is 0 Å². The molecule has 132 valence electrons. The Morgan fingerprint density at radius 1 is 1.13 bits per heavy atom. The highest BCUT2D eigenvalue weighted by Crippen LogP contribution is 2.52. The van der Waals surface area contributed by atoms with Crippen LogP contribution < -0.4 is 5.32 Å². The number of hydrogen-bond acceptors (Lipinski definition) is 2. The Labute approximate surface area is 147 Å². The second-order valence-corrected chi connectivity index (χ2v) is 9.91. The lowest BCUT2D eigenvalue weighted by Gasteiger charge is -2.39. The van der Waals surface area contributed by atoms with Crippen LogP contribution in [0, 0.1) is 16.7 Å². The first-order valence-corrected chi connectivity index (χ1v) is 9.38. The summed E-state index contributed by atoms with van der Waals surface area (Å²) in [6.45, 7) is 8.18. The number of likely N-dealkylation sites (tertiary alicyclic amines) is 1. The molecule has 4 bridgehead atoms. The van der Waals surface area contributed by atoms with Crippen molar-refractivity contribution < 1.29 is 4.79 Å². The van der Waals surface area contributed by atoms with Crippen molar-refractivity contribution in [2.75, 3.05) is 6.54 Å². The zero-order valence-electron chi connectivity index (χ0n) is 14.9. The third-order valence-electron chi connectivity index (χ3n) is 6.77. The standard InChI is InChI=1S/C19H32N2O.ClH/c1-18(2)9-16-10-19(3,11-18)12-21(16)17(22)8-13-6-14-4-5-15(7-13)20-14;/h13-16,20H,4-12H2,1-3H3;1H. The number of amides is 1. The number of hydrogen-bond donors (Lipinski definition) is 1. The SMILES string of the molecule is CC1(C)CC2CC(C)(CN2C(=O)CC2CC3CCC(C2)N3)C1.Cl. The molecule has 3 nitrogen and oxygen atoms in total. The fourth-order valence-corrected chi connectivity index (χ4v) is 6.46. The number of fused-ring (bicyclic) bond motifs is 4. The molecule has 1 aliphatic carbocycles. The molecule has 4 rings (SSSR count). The van der Waals surface area contributed by atoms with Crippen LogP contribution in [-0.4, -0.2) is 35.5 Å². The van der Waals surface area contributed by atoms with E-state index in [4.69, 9.17) is 0 Å². The summed E-state index contributed by atoms with van der Waals surface area (Å²) in [6.07, 6.45) is 9.62. The molecule has 0 aromatic rings. The molecule has 3 heterocycles. The van der Waals surface area contributed by atoms with E-state index >= 15 is 0 Å². The van der Waals surface area contributed by atoms with Gasteiger partial charge in [0.05, 0.1) is 0 Å². The summed E-state index contributed by atoms with van der Waals surface area (Å²) >= 11 is 0. The Hall–Kier alpha value is -0.280. The second-order valence-electron chi connectivity index (χ2n) is 9.91. The maximum Gasteiger partial charge on any atom is 0.223 e. The summed E-state index contributed by atoms with van der Waals surface area (Å²) < 4.78 is 0. The summed E-state index contributed by atoms with van der Waals surface area (Å²) in [5, 5.41) is 3.69. The predicted octanol–water partition coefficient (Wildman–Crippen LogP) is 3.76. The van der Waals surface area contributed by atoms with Crippen LogP contribution in [-0.2, 0) is 4.79 Å². The van der Waals surface area contributed by atoms with Crippen LogP contribution in [0.25, 0.3) is 0 Å². The molecule has 4 unspecified atom stereocenters. The summed E-state index contributed by atoms with van der Waals surface area (Å²) in [5.41, 5.74) is 0.774. The molecule has 1 N–H and O–H groups in total. The minimum absolute atomic E-state index is 0. The van der Waals surface area contributed by atoms with Crippen LogP contribution in [0.15, 0.2) is 0 Å². The highest BCUT2D eigenvalue weighted by molar-refractivity contribution is 5.85. The topological polar surface area (TPSA) is 32.3 Å². The van der Waals surface area contributed by atoms with Crippen molar-refractivity contribution in [2.24, 2.45) is 16.7 Å². The molecule has 23 heavy (non-hydrogen) atoms. The molecule has 0 radical (unpaired) electrons. The van der Waals surface area contributed by atoms with Gasteiger partial charge in [-0.05, 0) is 61.7 Å². The molecular weight excluding hydrogens is 308 g/mol. The number of nitrogens with zero attached hydrogens (tertiary/aromatic N) is 1. The van der Waals surface area contributed by atoms with E-state index in [2.05, 4.69) is 31.0 Å². The van der Waals surface area contributed by atoms with Crippen molar-refractivity contribution in [3.05, 3.63) is 0 Å². The van der Waals surface area contributed by atoms with Crippen molar-refractivity contribution in [3.63, 3.8) is 0 Å². The van der Waals surface area contributed by atoms with E-state index < -0.39 is 0 Å². The van der Waals surface area contributed by atoms with Crippen LogP contribution in [0.2, 0.25) is 0 Å². The van der Waals surface area contributed by atoms with Gasteiger partial charge in [0.25, 0.3) is 0 Å². The van der Waals surface area contributed by atoms with E-state index in [-0.39, 0.29) is 12.4 Å². The van der Waals surface area contributed by atoms with Crippen LogP contribution >= 0.6 is 12.4 Å². The van der Waals surface area contributed by atoms with Gasteiger partial charge in [0, 0.05) is 31.1 Å². The molecule has 1 amide bonds. The van der Waals surface area contributed by atoms with Gasteiger partial charge in [-0.25, -0.2) is 0 Å². The predicted molar refractivity (Wildman–Crippen MR) is 95.8 cm³/mol. The van der Waals surface area contributed by atoms with Crippen molar-refractivity contribution in [2.45, 2.75) is 90.3 Å².